The van der Waals surface area contributed by atoms with E-state index in [-0.39, 0.29) is 11.9 Å². The van der Waals surface area contributed by atoms with E-state index in [0.29, 0.717) is 24.7 Å². The molecule has 0 spiro atoms. The highest BCUT2D eigenvalue weighted by molar-refractivity contribution is 5.78. The number of carbonyl (C=O) groups is 1. The summed E-state index contributed by atoms with van der Waals surface area (Å²) in [7, 11) is 0. The smallest absolute Gasteiger partial charge is 0.248 e. The molecule has 168 valence electrons. The summed E-state index contributed by atoms with van der Waals surface area (Å²) in [5.41, 5.74) is 4.33. The Morgan fingerprint density at radius 3 is 2.94 bits per heavy atom. The first-order valence-corrected chi connectivity index (χ1v) is 11.0. The Bertz CT molecular complexity index is 1290. The van der Waals surface area contributed by atoms with E-state index >= 15 is 0 Å². The highest BCUT2D eigenvalue weighted by Gasteiger charge is 2.24. The summed E-state index contributed by atoms with van der Waals surface area (Å²) < 4.78 is 1.80. The van der Waals surface area contributed by atoms with Gasteiger partial charge in [0.15, 0.2) is 5.82 Å². The number of rotatable bonds is 5. The van der Waals surface area contributed by atoms with Gasteiger partial charge in [-0.25, -0.2) is 14.5 Å². The lowest BCUT2D eigenvalue weighted by Crippen LogP contribution is -2.46. The van der Waals surface area contributed by atoms with Crippen LogP contribution < -0.4 is 5.32 Å². The summed E-state index contributed by atoms with van der Waals surface area (Å²) >= 11 is 0. The van der Waals surface area contributed by atoms with Crippen LogP contribution in [0.2, 0.25) is 0 Å². The van der Waals surface area contributed by atoms with Crippen LogP contribution in [0.25, 0.3) is 28.2 Å². The normalized spacial score (nSPS) is 16.2. The van der Waals surface area contributed by atoms with Gasteiger partial charge in [-0.15, -0.1) is 0 Å². The molecule has 1 aliphatic rings. The molecule has 5 rings (SSSR count). The van der Waals surface area contributed by atoms with E-state index in [4.69, 9.17) is 9.97 Å². The third-order valence-electron chi connectivity index (χ3n) is 5.86. The number of aliphatic hydroxyl groups is 1. The van der Waals surface area contributed by atoms with Crippen molar-refractivity contribution in [1.29, 1.82) is 0 Å². The van der Waals surface area contributed by atoms with Crippen molar-refractivity contribution in [3.63, 3.8) is 0 Å². The molecule has 4 aromatic heterocycles. The zero-order valence-electron chi connectivity index (χ0n) is 18.3. The number of amides is 1. The van der Waals surface area contributed by atoms with Crippen LogP contribution in [0.3, 0.4) is 0 Å². The van der Waals surface area contributed by atoms with Crippen LogP contribution >= 0.6 is 0 Å². The fourth-order valence-electron chi connectivity index (χ4n) is 4.15. The summed E-state index contributed by atoms with van der Waals surface area (Å²) in [6.07, 6.45) is 7.24. The third kappa shape index (κ3) is 4.40. The van der Waals surface area contributed by atoms with Crippen molar-refractivity contribution in [1.82, 2.24) is 29.5 Å². The minimum atomic E-state index is -0.469. The predicted octanol–water partition coefficient (Wildman–Crippen LogP) is 2.56. The lowest BCUT2D eigenvalue weighted by Gasteiger charge is -2.33. The van der Waals surface area contributed by atoms with Crippen LogP contribution in [0.5, 0.6) is 0 Å². The van der Waals surface area contributed by atoms with Gasteiger partial charge in [0.2, 0.25) is 5.91 Å². The van der Waals surface area contributed by atoms with E-state index in [2.05, 4.69) is 15.4 Å². The second kappa shape index (κ2) is 8.95. The maximum Gasteiger partial charge on any atom is 0.248 e. The van der Waals surface area contributed by atoms with Gasteiger partial charge >= 0.3 is 0 Å². The Hall–Kier alpha value is -3.85. The molecular weight excluding hydrogens is 418 g/mol. The van der Waals surface area contributed by atoms with Gasteiger partial charge < -0.3 is 15.3 Å². The SMILES string of the molecule is Cc1ccc(-c2cc(N[C@@H]3CCCN(C(=O)CO)C3)nc(-c3cnn4ccccc34)n2)cn1. The zero-order chi connectivity index (χ0) is 22.8. The lowest BCUT2D eigenvalue weighted by atomic mass is 10.1. The third-order valence-corrected chi connectivity index (χ3v) is 5.86. The van der Waals surface area contributed by atoms with Crippen LogP contribution in [-0.2, 0) is 4.79 Å². The van der Waals surface area contributed by atoms with Crippen molar-refractivity contribution in [2.75, 3.05) is 25.0 Å². The minimum Gasteiger partial charge on any atom is -0.387 e. The van der Waals surface area contributed by atoms with Crippen LogP contribution in [0, 0.1) is 6.92 Å². The van der Waals surface area contributed by atoms with E-state index in [9.17, 15) is 9.90 Å². The Morgan fingerprint density at radius 2 is 2.12 bits per heavy atom. The molecule has 0 radical (unpaired) electrons. The van der Waals surface area contributed by atoms with E-state index < -0.39 is 6.61 Å². The number of aryl methyl sites for hydroxylation is 1. The number of hydrogen-bond acceptors (Lipinski definition) is 7. The molecule has 0 bridgehead atoms. The number of piperidine rings is 1. The standard InChI is InChI=1S/C24H25N7O2/c1-16-7-8-17(12-25-16)20-11-22(27-18-5-4-9-30(14-18)23(33)15-32)29-24(28-20)19-13-26-31-10-3-2-6-21(19)31/h2-3,6-8,10-13,18,32H,4-5,9,14-15H2,1H3,(H,27,28,29)/t18-/m1/s1. The van der Waals surface area contributed by atoms with Gasteiger partial charge in [-0.05, 0) is 44.0 Å². The van der Waals surface area contributed by atoms with Crippen molar-refractivity contribution in [3.8, 4) is 22.6 Å². The lowest BCUT2D eigenvalue weighted by molar-refractivity contribution is -0.135. The zero-order valence-corrected chi connectivity index (χ0v) is 18.3. The highest BCUT2D eigenvalue weighted by atomic mass is 16.3. The number of aliphatic hydroxyl groups excluding tert-OH is 1. The maximum absolute atomic E-state index is 12.0. The van der Waals surface area contributed by atoms with Crippen molar-refractivity contribution in [3.05, 3.63) is 60.7 Å². The average Bonchev–Trinajstić information content (AvgIpc) is 3.28. The summed E-state index contributed by atoms with van der Waals surface area (Å²) in [6.45, 7) is 2.67. The van der Waals surface area contributed by atoms with Gasteiger partial charge in [0.1, 0.15) is 12.4 Å². The predicted molar refractivity (Wildman–Crippen MR) is 124 cm³/mol. The van der Waals surface area contributed by atoms with Crippen molar-refractivity contribution in [2.24, 2.45) is 0 Å². The Balaban J connectivity index is 1.53. The number of aromatic nitrogens is 5. The number of fused-ring (bicyclic) bond motifs is 1. The van der Waals surface area contributed by atoms with Crippen molar-refractivity contribution < 1.29 is 9.90 Å². The molecule has 33 heavy (non-hydrogen) atoms. The first-order valence-electron chi connectivity index (χ1n) is 11.0. The quantitative estimate of drug-likeness (QED) is 0.488. The Kier molecular flexibility index (Phi) is 5.70. The van der Waals surface area contributed by atoms with Crippen molar-refractivity contribution >= 4 is 17.2 Å². The number of nitrogens with one attached hydrogen (secondary N) is 1. The molecule has 1 saturated heterocycles. The number of hydrogen-bond donors (Lipinski definition) is 2. The van der Waals surface area contributed by atoms with E-state index in [1.807, 2.05) is 55.7 Å². The monoisotopic (exact) mass is 443 g/mol. The molecule has 2 N–H and O–H groups in total. The van der Waals surface area contributed by atoms with Gasteiger partial charge in [-0.3, -0.25) is 9.78 Å². The Labute approximate surface area is 191 Å². The van der Waals surface area contributed by atoms with Gasteiger partial charge in [0, 0.05) is 48.8 Å². The summed E-state index contributed by atoms with van der Waals surface area (Å²) in [5.74, 6) is 0.993. The van der Waals surface area contributed by atoms with Gasteiger partial charge in [0.25, 0.3) is 0 Å². The molecule has 1 fully saturated rings. The van der Waals surface area contributed by atoms with Crippen LogP contribution in [-0.4, -0.2) is 66.2 Å². The van der Waals surface area contributed by atoms with Gasteiger partial charge in [-0.1, -0.05) is 6.07 Å². The molecule has 1 atom stereocenters. The molecule has 9 nitrogen and oxygen atoms in total. The highest BCUT2D eigenvalue weighted by Crippen LogP contribution is 2.27. The molecule has 9 heteroatoms. The molecule has 5 heterocycles. The number of carbonyl (C=O) groups excluding carboxylic acids is 1. The van der Waals surface area contributed by atoms with Gasteiger partial charge in [-0.2, -0.15) is 5.10 Å². The Morgan fingerprint density at radius 1 is 1.21 bits per heavy atom. The molecule has 0 saturated carbocycles. The molecule has 1 amide bonds. The van der Waals surface area contributed by atoms with Crippen LogP contribution in [0.1, 0.15) is 18.5 Å². The summed E-state index contributed by atoms with van der Waals surface area (Å²) in [6, 6.07) is 11.8. The van der Waals surface area contributed by atoms with E-state index in [1.165, 1.54) is 0 Å². The van der Waals surface area contributed by atoms with Crippen molar-refractivity contribution in [2.45, 2.75) is 25.8 Å². The maximum atomic E-state index is 12.0. The van der Waals surface area contributed by atoms with Gasteiger partial charge in [0.05, 0.1) is 23.0 Å². The second-order valence-corrected chi connectivity index (χ2v) is 8.22. The largest absolute Gasteiger partial charge is 0.387 e. The first kappa shape index (κ1) is 21.0. The molecular formula is C24H25N7O2. The van der Waals surface area contributed by atoms with Crippen LogP contribution in [0.4, 0.5) is 5.82 Å². The van der Waals surface area contributed by atoms with E-state index in [0.717, 1.165) is 40.9 Å². The minimum absolute atomic E-state index is 0.0323. The van der Waals surface area contributed by atoms with Crippen LogP contribution in [0.15, 0.2) is 55.0 Å². The second-order valence-electron chi connectivity index (χ2n) is 8.22. The fraction of sp³-hybridized carbons (Fsp3) is 0.292. The first-order chi connectivity index (χ1) is 16.1. The summed E-state index contributed by atoms with van der Waals surface area (Å²) in [5, 5.41) is 17.1. The number of anilines is 1. The molecule has 0 aliphatic carbocycles. The molecule has 0 aromatic carbocycles. The topological polar surface area (TPSA) is 109 Å². The molecule has 1 aliphatic heterocycles. The number of pyridine rings is 2. The summed E-state index contributed by atoms with van der Waals surface area (Å²) in [4.78, 5) is 27.7. The average molecular weight is 444 g/mol. The molecule has 4 aromatic rings. The molecule has 0 unspecified atom stereocenters. The number of likely N-dealkylation sites (tertiary alicyclic amines) is 1. The fourth-order valence-corrected chi connectivity index (χ4v) is 4.15. The number of nitrogens with zero attached hydrogens (tertiary/aromatic N) is 6. The van der Waals surface area contributed by atoms with E-state index in [1.54, 1.807) is 15.6 Å².